The molecule has 0 radical (unpaired) electrons. The van der Waals surface area contributed by atoms with Gasteiger partial charge in [0, 0.05) is 12.6 Å². The van der Waals surface area contributed by atoms with Crippen LogP contribution < -0.4 is 9.47 Å². The number of carbonyl (C=O) groups excluding carboxylic acids is 1. The highest BCUT2D eigenvalue weighted by Gasteiger charge is 2.09. The fourth-order valence-corrected chi connectivity index (χ4v) is 1.73. The standard InChI is InChI=1S/C13H13ClN2O3/c1-16-12(14)6-15-13(16)8-19-11-5-9(7-17)3-4-10(11)18-2/h3-7H,8H2,1-2H3. The Morgan fingerprint density at radius 3 is 2.79 bits per heavy atom. The monoisotopic (exact) mass is 280 g/mol. The highest BCUT2D eigenvalue weighted by Crippen LogP contribution is 2.28. The minimum atomic E-state index is 0.238. The van der Waals surface area contributed by atoms with Gasteiger partial charge in [0.05, 0.1) is 13.3 Å². The summed E-state index contributed by atoms with van der Waals surface area (Å²) in [6.45, 7) is 0.238. The van der Waals surface area contributed by atoms with Gasteiger partial charge in [-0.3, -0.25) is 4.79 Å². The van der Waals surface area contributed by atoms with Gasteiger partial charge >= 0.3 is 0 Å². The average molecular weight is 281 g/mol. The van der Waals surface area contributed by atoms with Gasteiger partial charge in [0.1, 0.15) is 23.9 Å². The van der Waals surface area contributed by atoms with Gasteiger partial charge in [0.2, 0.25) is 0 Å². The van der Waals surface area contributed by atoms with Crippen molar-refractivity contribution < 1.29 is 14.3 Å². The molecule has 0 spiro atoms. The predicted octanol–water partition coefficient (Wildman–Crippen LogP) is 2.47. The van der Waals surface area contributed by atoms with Crippen LogP contribution in [0, 0.1) is 0 Å². The zero-order valence-corrected chi connectivity index (χ0v) is 11.3. The fourth-order valence-electron chi connectivity index (χ4n) is 1.58. The Hall–Kier alpha value is -2.01. The summed E-state index contributed by atoms with van der Waals surface area (Å²) in [7, 11) is 3.34. The molecule has 0 saturated carbocycles. The van der Waals surface area contributed by atoms with Crippen LogP contribution >= 0.6 is 11.6 Å². The number of rotatable bonds is 5. The lowest BCUT2D eigenvalue weighted by molar-refractivity contribution is 0.112. The molecule has 0 amide bonds. The summed E-state index contributed by atoms with van der Waals surface area (Å²) in [5, 5.41) is 0.534. The second-order valence-electron chi connectivity index (χ2n) is 3.87. The molecule has 2 rings (SSSR count). The minimum Gasteiger partial charge on any atom is -0.493 e. The lowest BCUT2D eigenvalue weighted by Crippen LogP contribution is -2.04. The smallest absolute Gasteiger partial charge is 0.162 e. The third kappa shape index (κ3) is 2.88. The normalized spacial score (nSPS) is 10.3. The second-order valence-corrected chi connectivity index (χ2v) is 4.26. The number of nitrogens with zero attached hydrogens (tertiary/aromatic N) is 2. The number of hydrogen-bond donors (Lipinski definition) is 0. The molecule has 0 saturated heterocycles. The van der Waals surface area contributed by atoms with Crippen molar-refractivity contribution in [3.05, 3.63) is 40.9 Å². The molecule has 100 valence electrons. The lowest BCUT2D eigenvalue weighted by atomic mass is 10.2. The minimum absolute atomic E-state index is 0.238. The average Bonchev–Trinajstić information content (AvgIpc) is 2.76. The quantitative estimate of drug-likeness (QED) is 0.790. The van der Waals surface area contributed by atoms with Crippen LogP contribution in [0.3, 0.4) is 0 Å². The molecule has 0 aliphatic rings. The molecule has 0 N–H and O–H groups in total. The predicted molar refractivity (Wildman–Crippen MR) is 70.9 cm³/mol. The molecule has 5 nitrogen and oxygen atoms in total. The Kier molecular flexibility index (Phi) is 4.06. The van der Waals surface area contributed by atoms with Crippen LogP contribution in [0.1, 0.15) is 16.2 Å². The zero-order valence-electron chi connectivity index (χ0n) is 10.6. The van der Waals surface area contributed by atoms with E-state index >= 15 is 0 Å². The number of ether oxygens (including phenoxy) is 2. The molecule has 0 fully saturated rings. The van der Waals surface area contributed by atoms with Crippen LogP contribution in [-0.4, -0.2) is 22.9 Å². The Balaban J connectivity index is 2.18. The lowest BCUT2D eigenvalue weighted by Gasteiger charge is -2.11. The molecule has 1 heterocycles. The van der Waals surface area contributed by atoms with E-state index in [2.05, 4.69) is 4.98 Å². The molecule has 19 heavy (non-hydrogen) atoms. The molecule has 1 aromatic carbocycles. The van der Waals surface area contributed by atoms with Gasteiger partial charge in [-0.2, -0.15) is 0 Å². The van der Waals surface area contributed by atoms with E-state index < -0.39 is 0 Å². The largest absolute Gasteiger partial charge is 0.493 e. The van der Waals surface area contributed by atoms with E-state index in [-0.39, 0.29) is 6.61 Å². The molecule has 0 aliphatic carbocycles. The number of methoxy groups -OCH3 is 1. The number of carbonyl (C=O) groups is 1. The molecular weight excluding hydrogens is 268 g/mol. The van der Waals surface area contributed by atoms with Gasteiger partial charge in [-0.05, 0) is 18.2 Å². The highest BCUT2D eigenvalue weighted by atomic mass is 35.5. The summed E-state index contributed by atoms with van der Waals surface area (Å²) in [5.74, 6) is 1.74. The Morgan fingerprint density at radius 1 is 1.42 bits per heavy atom. The summed E-state index contributed by atoms with van der Waals surface area (Å²) in [4.78, 5) is 14.9. The van der Waals surface area contributed by atoms with Crippen LogP contribution in [-0.2, 0) is 13.7 Å². The summed E-state index contributed by atoms with van der Waals surface area (Å²) < 4.78 is 12.5. The Labute approximate surface area is 115 Å². The van der Waals surface area contributed by atoms with Crippen LogP contribution in [0.15, 0.2) is 24.4 Å². The first kappa shape index (κ1) is 13.4. The first-order valence-electron chi connectivity index (χ1n) is 5.58. The maximum absolute atomic E-state index is 10.8. The first-order valence-corrected chi connectivity index (χ1v) is 5.95. The van der Waals surface area contributed by atoms with E-state index in [1.54, 1.807) is 43.1 Å². The molecule has 1 aromatic heterocycles. The molecule has 6 heteroatoms. The van der Waals surface area contributed by atoms with Crippen molar-refractivity contribution in [1.82, 2.24) is 9.55 Å². The molecule has 0 atom stereocenters. The summed E-state index contributed by atoms with van der Waals surface area (Å²) in [5.41, 5.74) is 0.522. The van der Waals surface area contributed by atoms with E-state index in [1.165, 1.54) is 0 Å². The summed E-state index contributed by atoms with van der Waals surface area (Å²) >= 11 is 5.89. The van der Waals surface area contributed by atoms with E-state index in [0.717, 1.165) is 6.29 Å². The van der Waals surface area contributed by atoms with Gasteiger partial charge < -0.3 is 14.0 Å². The molecule has 0 unspecified atom stereocenters. The van der Waals surface area contributed by atoms with Crippen molar-refractivity contribution in [2.45, 2.75) is 6.61 Å². The van der Waals surface area contributed by atoms with Gasteiger partial charge in [-0.1, -0.05) is 11.6 Å². The number of aldehydes is 1. The van der Waals surface area contributed by atoms with Gasteiger partial charge in [-0.25, -0.2) is 4.98 Å². The number of halogens is 1. The van der Waals surface area contributed by atoms with Crippen LogP contribution in [0.4, 0.5) is 0 Å². The van der Waals surface area contributed by atoms with E-state index in [1.807, 2.05) is 0 Å². The van der Waals surface area contributed by atoms with Gasteiger partial charge in [-0.15, -0.1) is 0 Å². The number of hydrogen-bond acceptors (Lipinski definition) is 4. The second kappa shape index (κ2) is 5.75. The molecule has 0 bridgehead atoms. The maximum Gasteiger partial charge on any atom is 0.162 e. The van der Waals surface area contributed by atoms with Crippen molar-refractivity contribution >= 4 is 17.9 Å². The SMILES string of the molecule is COc1ccc(C=O)cc1OCc1ncc(Cl)n1C. The van der Waals surface area contributed by atoms with Crippen LogP contribution in [0.5, 0.6) is 11.5 Å². The van der Waals surface area contributed by atoms with E-state index in [0.29, 0.717) is 28.0 Å². The van der Waals surface area contributed by atoms with Crippen molar-refractivity contribution in [3.8, 4) is 11.5 Å². The molecule has 0 aliphatic heterocycles. The zero-order chi connectivity index (χ0) is 13.8. The topological polar surface area (TPSA) is 53.4 Å². The molecular formula is C13H13ClN2O3. The fraction of sp³-hybridized carbons (Fsp3) is 0.231. The summed E-state index contributed by atoms with van der Waals surface area (Å²) in [6.07, 6.45) is 2.31. The van der Waals surface area contributed by atoms with Crippen LogP contribution in [0.2, 0.25) is 5.15 Å². The van der Waals surface area contributed by atoms with Crippen molar-refractivity contribution in [1.29, 1.82) is 0 Å². The van der Waals surface area contributed by atoms with E-state index in [9.17, 15) is 4.79 Å². The molecule has 2 aromatic rings. The Bertz CT molecular complexity index is 596. The van der Waals surface area contributed by atoms with Crippen molar-refractivity contribution in [2.75, 3.05) is 7.11 Å². The third-order valence-corrected chi connectivity index (χ3v) is 3.06. The Morgan fingerprint density at radius 2 is 2.21 bits per heavy atom. The number of imidazole rings is 1. The van der Waals surface area contributed by atoms with Gasteiger partial charge in [0.25, 0.3) is 0 Å². The first-order chi connectivity index (χ1) is 9.15. The maximum atomic E-state index is 10.8. The summed E-state index contributed by atoms with van der Waals surface area (Å²) in [6, 6.07) is 4.97. The third-order valence-electron chi connectivity index (χ3n) is 2.71. The number of benzene rings is 1. The van der Waals surface area contributed by atoms with Crippen molar-refractivity contribution in [2.24, 2.45) is 7.05 Å². The number of aromatic nitrogens is 2. The van der Waals surface area contributed by atoms with Crippen LogP contribution in [0.25, 0.3) is 0 Å². The van der Waals surface area contributed by atoms with Crippen molar-refractivity contribution in [3.63, 3.8) is 0 Å². The van der Waals surface area contributed by atoms with Gasteiger partial charge in [0.15, 0.2) is 11.5 Å². The van der Waals surface area contributed by atoms with E-state index in [4.69, 9.17) is 21.1 Å². The highest BCUT2D eigenvalue weighted by molar-refractivity contribution is 6.29.